The number of aliphatic hydroxyl groups is 4. The molecule has 1 heterocycles. The van der Waals surface area contributed by atoms with Gasteiger partial charge in [-0.25, -0.2) is 0 Å². The van der Waals surface area contributed by atoms with Gasteiger partial charge < -0.3 is 29.9 Å². The molecule has 1 aromatic rings. The molecule has 3 rings (SSSR count). The molecule has 2 unspecified atom stereocenters. The Labute approximate surface area is 116 Å². The Bertz CT molecular complexity index is 476. The maximum atomic E-state index is 10.7. The largest absolute Gasteiger partial charge is 0.390 e. The van der Waals surface area contributed by atoms with Crippen molar-refractivity contribution in [2.24, 2.45) is 0 Å². The zero-order chi connectivity index (χ0) is 14.5. The summed E-state index contributed by atoms with van der Waals surface area (Å²) in [5.74, 6) is -0.712. The zero-order valence-corrected chi connectivity index (χ0v) is 11.0. The first-order valence-electron chi connectivity index (χ1n) is 6.51. The lowest BCUT2D eigenvalue weighted by Gasteiger charge is -2.61. The topological polar surface area (TPSA) is 99.4 Å². The summed E-state index contributed by atoms with van der Waals surface area (Å²) in [6, 6.07) is 8.89. The number of aliphatic hydroxyl groups excluding tert-OH is 3. The summed E-state index contributed by atoms with van der Waals surface area (Å²) < 4.78 is 10.3. The van der Waals surface area contributed by atoms with Crippen LogP contribution in [0.1, 0.15) is 11.5 Å². The van der Waals surface area contributed by atoms with E-state index in [-0.39, 0.29) is 0 Å². The third kappa shape index (κ3) is 1.67. The van der Waals surface area contributed by atoms with Crippen molar-refractivity contribution in [3.8, 4) is 0 Å². The van der Waals surface area contributed by atoms with Crippen molar-refractivity contribution in [3.05, 3.63) is 35.9 Å². The van der Waals surface area contributed by atoms with Gasteiger partial charge in [0.05, 0.1) is 6.10 Å². The van der Waals surface area contributed by atoms with Crippen LogP contribution in [-0.2, 0) is 9.47 Å². The molecule has 2 fully saturated rings. The molecule has 0 amide bonds. The van der Waals surface area contributed by atoms with E-state index in [0.29, 0.717) is 5.56 Å². The van der Waals surface area contributed by atoms with Crippen LogP contribution in [-0.4, -0.2) is 63.8 Å². The highest BCUT2D eigenvalue weighted by molar-refractivity contribution is 5.35. The van der Waals surface area contributed by atoms with E-state index in [0.717, 1.165) is 0 Å². The molecule has 1 aliphatic carbocycles. The van der Waals surface area contributed by atoms with E-state index in [9.17, 15) is 20.4 Å². The Morgan fingerprint density at radius 3 is 2.35 bits per heavy atom. The van der Waals surface area contributed by atoms with Gasteiger partial charge in [-0.2, -0.15) is 0 Å². The number of fused-ring (bicyclic) bond motifs is 1. The van der Waals surface area contributed by atoms with Crippen LogP contribution in [0.2, 0.25) is 0 Å². The Morgan fingerprint density at radius 2 is 1.75 bits per heavy atom. The molecule has 0 spiro atoms. The van der Waals surface area contributed by atoms with Gasteiger partial charge in [0.1, 0.15) is 23.9 Å². The van der Waals surface area contributed by atoms with E-state index in [1.807, 2.05) is 6.07 Å². The van der Waals surface area contributed by atoms with Gasteiger partial charge in [0.25, 0.3) is 0 Å². The zero-order valence-electron chi connectivity index (χ0n) is 11.0. The quantitative estimate of drug-likeness (QED) is 0.553. The molecular weight excluding hydrogens is 264 g/mol. The third-order valence-corrected chi connectivity index (χ3v) is 4.35. The van der Waals surface area contributed by atoms with E-state index in [1.165, 1.54) is 7.11 Å². The number of hydrogen-bond donors (Lipinski definition) is 4. The molecule has 6 heteroatoms. The van der Waals surface area contributed by atoms with Gasteiger partial charge in [-0.1, -0.05) is 30.3 Å². The number of benzene rings is 1. The average molecular weight is 282 g/mol. The average Bonchev–Trinajstić information content (AvgIpc) is 2.46. The molecule has 0 radical (unpaired) electrons. The fourth-order valence-electron chi connectivity index (χ4n) is 3.29. The fourth-order valence-corrected chi connectivity index (χ4v) is 3.29. The molecule has 1 saturated carbocycles. The molecule has 1 saturated heterocycles. The highest BCUT2D eigenvalue weighted by Gasteiger charge is 2.71. The minimum atomic E-state index is -1.73. The lowest BCUT2D eigenvalue weighted by atomic mass is 9.57. The lowest BCUT2D eigenvalue weighted by molar-refractivity contribution is -0.383. The minimum Gasteiger partial charge on any atom is -0.390 e. The van der Waals surface area contributed by atoms with Crippen molar-refractivity contribution in [3.63, 3.8) is 0 Å². The van der Waals surface area contributed by atoms with Crippen LogP contribution >= 0.6 is 0 Å². The summed E-state index contributed by atoms with van der Waals surface area (Å²) in [6.07, 6.45) is -5.86. The summed E-state index contributed by atoms with van der Waals surface area (Å²) in [4.78, 5) is 0. The SMILES string of the molecule is CO[C@@H]1O[C@@H]2C(O)C(c3ccccc3)[C@@]2(O)[C@H](O)[C@H]1O. The number of rotatable bonds is 2. The molecule has 20 heavy (non-hydrogen) atoms. The number of ether oxygens (including phenoxy) is 2. The van der Waals surface area contributed by atoms with Gasteiger partial charge in [0, 0.05) is 13.0 Å². The fraction of sp³-hybridized carbons (Fsp3) is 0.571. The second-order valence-electron chi connectivity index (χ2n) is 5.36. The van der Waals surface area contributed by atoms with Crippen molar-refractivity contribution in [2.75, 3.05) is 7.11 Å². The molecule has 0 bridgehead atoms. The molecule has 2 aliphatic rings. The first-order valence-corrected chi connectivity index (χ1v) is 6.51. The monoisotopic (exact) mass is 282 g/mol. The second kappa shape index (κ2) is 4.77. The highest BCUT2D eigenvalue weighted by atomic mass is 16.7. The van der Waals surface area contributed by atoms with E-state index in [2.05, 4.69) is 0 Å². The maximum absolute atomic E-state index is 10.7. The first kappa shape index (κ1) is 13.9. The van der Waals surface area contributed by atoms with Crippen molar-refractivity contribution in [1.82, 2.24) is 0 Å². The van der Waals surface area contributed by atoms with Gasteiger partial charge in [0.2, 0.25) is 0 Å². The molecular formula is C14H18O6. The summed E-state index contributed by atoms with van der Waals surface area (Å²) in [7, 11) is 1.32. The smallest absolute Gasteiger partial charge is 0.186 e. The third-order valence-electron chi connectivity index (χ3n) is 4.35. The first-order chi connectivity index (χ1) is 9.51. The predicted octanol–water partition coefficient (Wildman–Crippen LogP) is -1.03. The molecule has 7 atom stereocenters. The van der Waals surface area contributed by atoms with Gasteiger partial charge in [0.15, 0.2) is 6.29 Å². The van der Waals surface area contributed by atoms with E-state index >= 15 is 0 Å². The minimum absolute atomic E-state index is 0.685. The Balaban J connectivity index is 1.94. The normalized spacial score (nSPS) is 47.5. The Kier molecular flexibility index (Phi) is 3.32. The standard InChI is InChI=1S/C14H18O6/c1-19-13-10(16)11(17)14(18)8(9(15)12(14)20-13)7-5-3-2-4-6-7/h2-6,8-13,15-18H,1H3/t8?,9?,10-,11-,12-,13-,14-/m1/s1. The van der Waals surface area contributed by atoms with Gasteiger partial charge in [-0.3, -0.25) is 0 Å². The van der Waals surface area contributed by atoms with Crippen LogP contribution in [0.3, 0.4) is 0 Å². The summed E-state index contributed by atoms with van der Waals surface area (Å²) in [5, 5.41) is 41.1. The van der Waals surface area contributed by atoms with Gasteiger partial charge in [-0.05, 0) is 5.56 Å². The molecule has 110 valence electrons. The summed E-state index contributed by atoms with van der Waals surface area (Å²) >= 11 is 0. The molecule has 1 aromatic carbocycles. The summed E-state index contributed by atoms with van der Waals surface area (Å²) in [5.41, 5.74) is -1.04. The van der Waals surface area contributed by atoms with Crippen LogP contribution in [0.5, 0.6) is 0 Å². The van der Waals surface area contributed by atoms with Gasteiger partial charge in [-0.15, -0.1) is 0 Å². The summed E-state index contributed by atoms with van der Waals surface area (Å²) in [6.45, 7) is 0. The van der Waals surface area contributed by atoms with Crippen molar-refractivity contribution in [1.29, 1.82) is 0 Å². The van der Waals surface area contributed by atoms with E-state index in [4.69, 9.17) is 9.47 Å². The molecule has 6 nitrogen and oxygen atoms in total. The number of methoxy groups -OCH3 is 1. The van der Waals surface area contributed by atoms with Crippen LogP contribution in [0.25, 0.3) is 0 Å². The highest BCUT2D eigenvalue weighted by Crippen LogP contribution is 2.53. The lowest BCUT2D eigenvalue weighted by Crippen LogP contribution is -2.80. The Hall–Kier alpha value is -1.02. The van der Waals surface area contributed by atoms with Crippen molar-refractivity contribution in [2.45, 2.75) is 42.2 Å². The van der Waals surface area contributed by atoms with Crippen molar-refractivity contribution < 1.29 is 29.9 Å². The predicted molar refractivity (Wildman–Crippen MR) is 67.8 cm³/mol. The van der Waals surface area contributed by atoms with Crippen molar-refractivity contribution >= 4 is 0 Å². The molecule has 1 aliphatic heterocycles. The van der Waals surface area contributed by atoms with Crippen LogP contribution in [0.15, 0.2) is 30.3 Å². The number of hydrogen-bond acceptors (Lipinski definition) is 6. The van der Waals surface area contributed by atoms with Crippen LogP contribution < -0.4 is 0 Å². The van der Waals surface area contributed by atoms with Crippen LogP contribution in [0, 0.1) is 0 Å². The Morgan fingerprint density at radius 1 is 1.10 bits per heavy atom. The van der Waals surface area contributed by atoms with Gasteiger partial charge >= 0.3 is 0 Å². The maximum Gasteiger partial charge on any atom is 0.186 e. The van der Waals surface area contributed by atoms with E-state index in [1.54, 1.807) is 24.3 Å². The molecule has 4 N–H and O–H groups in total. The van der Waals surface area contributed by atoms with E-state index < -0.39 is 42.2 Å². The molecule has 0 aromatic heterocycles. The van der Waals surface area contributed by atoms with Crippen LogP contribution in [0.4, 0.5) is 0 Å². The second-order valence-corrected chi connectivity index (χ2v) is 5.36.